The van der Waals surface area contributed by atoms with Crippen LogP contribution in [0.25, 0.3) is 0 Å². The molecule has 0 aromatic heterocycles. The molecule has 1 aromatic rings. The third-order valence-corrected chi connectivity index (χ3v) is 4.93. The summed E-state index contributed by atoms with van der Waals surface area (Å²) in [5, 5.41) is 0. The molecule has 2 aliphatic carbocycles. The third-order valence-electron chi connectivity index (χ3n) is 4.93. The largest absolute Gasteiger partial charge is 0.271 e. The number of rotatable bonds is 3. The number of hydrazine groups is 1. The Hall–Kier alpha value is -1.00. The van der Waals surface area contributed by atoms with Crippen LogP contribution in [-0.2, 0) is 0 Å². The fraction of sp³-hybridized carbons (Fsp3) is 0.600. The van der Waals surface area contributed by atoms with Crippen LogP contribution in [-0.4, -0.2) is 0 Å². The molecular weight excluding hydrogens is 246 g/mol. The van der Waals surface area contributed by atoms with Gasteiger partial charge < -0.3 is 0 Å². The third kappa shape index (κ3) is 2.07. The van der Waals surface area contributed by atoms with Gasteiger partial charge in [-0.05, 0) is 43.1 Å². The Morgan fingerprint density at radius 3 is 2.37 bits per heavy atom. The first-order valence-electron chi connectivity index (χ1n) is 7.05. The maximum atomic E-state index is 14.1. The van der Waals surface area contributed by atoms with Gasteiger partial charge in [0.1, 0.15) is 0 Å². The van der Waals surface area contributed by atoms with Crippen LogP contribution in [0.15, 0.2) is 12.1 Å². The lowest BCUT2D eigenvalue weighted by molar-refractivity contribution is 0.418. The molecule has 3 N–H and O–H groups in total. The van der Waals surface area contributed by atoms with E-state index in [1.165, 1.54) is 25.7 Å². The van der Waals surface area contributed by atoms with Crippen LogP contribution in [0.1, 0.15) is 42.9 Å². The van der Waals surface area contributed by atoms with Gasteiger partial charge in [-0.2, -0.15) is 0 Å². The zero-order valence-corrected chi connectivity index (χ0v) is 11.1. The fourth-order valence-corrected chi connectivity index (χ4v) is 3.85. The molecular formula is C15H20F2N2. The normalized spacial score (nSPS) is 30.8. The molecule has 3 rings (SSSR count). The van der Waals surface area contributed by atoms with Crippen LogP contribution < -0.4 is 11.3 Å². The van der Waals surface area contributed by atoms with E-state index in [1.807, 2.05) is 0 Å². The van der Waals surface area contributed by atoms with Crippen LogP contribution in [0.3, 0.4) is 0 Å². The molecule has 2 fully saturated rings. The van der Waals surface area contributed by atoms with Crippen molar-refractivity contribution >= 4 is 0 Å². The van der Waals surface area contributed by atoms with Gasteiger partial charge in [0.05, 0.1) is 6.04 Å². The van der Waals surface area contributed by atoms with Crippen molar-refractivity contribution in [3.05, 3.63) is 34.9 Å². The number of aryl methyl sites for hydroxylation is 1. The highest BCUT2D eigenvalue weighted by Gasteiger charge is 2.54. The zero-order chi connectivity index (χ0) is 13.6. The molecule has 2 aliphatic rings. The molecule has 104 valence electrons. The average molecular weight is 266 g/mol. The average Bonchev–Trinajstić information content (AvgIpc) is 3.14. The minimum absolute atomic E-state index is 0.261. The van der Waals surface area contributed by atoms with E-state index in [2.05, 4.69) is 5.43 Å². The summed E-state index contributed by atoms with van der Waals surface area (Å²) >= 11 is 0. The van der Waals surface area contributed by atoms with Gasteiger partial charge in [-0.25, -0.2) is 8.78 Å². The Kier molecular flexibility index (Phi) is 3.31. The summed E-state index contributed by atoms with van der Waals surface area (Å²) in [7, 11) is 0. The summed E-state index contributed by atoms with van der Waals surface area (Å²) in [4.78, 5) is 0. The molecule has 2 nitrogen and oxygen atoms in total. The van der Waals surface area contributed by atoms with Gasteiger partial charge in [-0.15, -0.1) is 0 Å². The van der Waals surface area contributed by atoms with E-state index in [0.29, 0.717) is 28.9 Å². The molecule has 0 amide bonds. The number of hydrogen-bond donors (Lipinski definition) is 2. The molecule has 3 unspecified atom stereocenters. The molecule has 1 aromatic carbocycles. The molecule has 0 bridgehead atoms. The summed E-state index contributed by atoms with van der Waals surface area (Å²) < 4.78 is 27.8. The van der Waals surface area contributed by atoms with E-state index in [9.17, 15) is 8.78 Å². The molecule has 19 heavy (non-hydrogen) atoms. The molecule has 0 aliphatic heterocycles. The first-order valence-corrected chi connectivity index (χ1v) is 7.05. The van der Waals surface area contributed by atoms with Crippen molar-refractivity contribution in [3.63, 3.8) is 0 Å². The van der Waals surface area contributed by atoms with Crippen LogP contribution in [0.5, 0.6) is 0 Å². The van der Waals surface area contributed by atoms with E-state index in [1.54, 1.807) is 19.1 Å². The van der Waals surface area contributed by atoms with Crippen LogP contribution in [0, 0.1) is 36.3 Å². The van der Waals surface area contributed by atoms with E-state index >= 15 is 0 Å². The lowest BCUT2D eigenvalue weighted by Gasteiger charge is -2.18. The minimum Gasteiger partial charge on any atom is -0.271 e. The van der Waals surface area contributed by atoms with Crippen LogP contribution in [0.4, 0.5) is 8.78 Å². The first-order chi connectivity index (χ1) is 9.15. The van der Waals surface area contributed by atoms with Crippen molar-refractivity contribution in [1.29, 1.82) is 0 Å². The van der Waals surface area contributed by atoms with Gasteiger partial charge in [-0.1, -0.05) is 25.0 Å². The standard InChI is InChI=1S/C15H20F2N2/c1-8-6-7-11(14(17)13(8)16)15(19-18)12-9-4-2-3-5-10(9)12/h6-7,9-10,12,15,19H,2-5,18H2,1H3. The van der Waals surface area contributed by atoms with Crippen molar-refractivity contribution < 1.29 is 8.78 Å². The summed E-state index contributed by atoms with van der Waals surface area (Å²) in [6.07, 6.45) is 4.90. The molecule has 0 heterocycles. The van der Waals surface area contributed by atoms with Crippen molar-refractivity contribution in [1.82, 2.24) is 5.43 Å². The number of benzene rings is 1. The quantitative estimate of drug-likeness (QED) is 0.651. The van der Waals surface area contributed by atoms with E-state index in [0.717, 1.165) is 0 Å². The first kappa shape index (κ1) is 13.0. The number of fused-ring (bicyclic) bond motifs is 1. The monoisotopic (exact) mass is 266 g/mol. The second-order valence-electron chi connectivity index (χ2n) is 5.93. The molecule has 0 radical (unpaired) electrons. The predicted molar refractivity (Wildman–Crippen MR) is 70.1 cm³/mol. The lowest BCUT2D eigenvalue weighted by atomic mass is 9.98. The predicted octanol–water partition coefficient (Wildman–Crippen LogP) is 3.21. The maximum absolute atomic E-state index is 14.1. The smallest absolute Gasteiger partial charge is 0.163 e. The summed E-state index contributed by atoms with van der Waals surface area (Å²) in [6.45, 7) is 1.57. The number of halogens is 2. The van der Waals surface area contributed by atoms with E-state index in [-0.39, 0.29) is 6.04 Å². The van der Waals surface area contributed by atoms with E-state index < -0.39 is 11.6 Å². The van der Waals surface area contributed by atoms with Gasteiger partial charge in [0.15, 0.2) is 11.6 Å². The second kappa shape index (κ2) is 4.84. The fourth-order valence-electron chi connectivity index (χ4n) is 3.85. The van der Waals surface area contributed by atoms with Gasteiger partial charge in [0.2, 0.25) is 0 Å². The number of nitrogens with one attached hydrogen (secondary N) is 1. The Morgan fingerprint density at radius 2 is 1.79 bits per heavy atom. The Bertz CT molecular complexity index is 477. The van der Waals surface area contributed by atoms with Gasteiger partial charge >= 0.3 is 0 Å². The molecule has 0 saturated heterocycles. The molecule has 0 spiro atoms. The molecule has 3 atom stereocenters. The van der Waals surface area contributed by atoms with Gasteiger partial charge in [-0.3, -0.25) is 11.3 Å². The maximum Gasteiger partial charge on any atom is 0.163 e. The van der Waals surface area contributed by atoms with Crippen molar-refractivity contribution in [2.75, 3.05) is 0 Å². The Labute approximate surface area is 112 Å². The highest BCUT2D eigenvalue weighted by molar-refractivity contribution is 5.30. The van der Waals surface area contributed by atoms with Crippen LogP contribution in [0.2, 0.25) is 0 Å². The van der Waals surface area contributed by atoms with Crippen molar-refractivity contribution in [3.8, 4) is 0 Å². The number of nitrogens with two attached hydrogens (primary N) is 1. The Morgan fingerprint density at radius 1 is 1.16 bits per heavy atom. The Balaban J connectivity index is 1.89. The topological polar surface area (TPSA) is 38.0 Å². The highest BCUT2D eigenvalue weighted by Crippen LogP contribution is 2.60. The van der Waals surface area contributed by atoms with Crippen LogP contribution >= 0.6 is 0 Å². The summed E-state index contributed by atoms with van der Waals surface area (Å²) in [5.74, 6) is 5.77. The van der Waals surface area contributed by atoms with Gasteiger partial charge in [0, 0.05) is 5.56 Å². The van der Waals surface area contributed by atoms with Crippen molar-refractivity contribution in [2.45, 2.75) is 38.6 Å². The number of hydrogen-bond acceptors (Lipinski definition) is 2. The lowest BCUT2D eigenvalue weighted by Crippen LogP contribution is -2.31. The molecule has 4 heteroatoms. The SMILES string of the molecule is Cc1ccc(C(NN)C2C3CCCCC32)c(F)c1F. The summed E-state index contributed by atoms with van der Waals surface area (Å²) in [5.41, 5.74) is 3.44. The van der Waals surface area contributed by atoms with Crippen molar-refractivity contribution in [2.24, 2.45) is 23.6 Å². The van der Waals surface area contributed by atoms with E-state index in [4.69, 9.17) is 5.84 Å². The highest BCUT2D eigenvalue weighted by atomic mass is 19.2. The van der Waals surface area contributed by atoms with Gasteiger partial charge in [0.25, 0.3) is 0 Å². The summed E-state index contributed by atoms with van der Waals surface area (Å²) in [6, 6.07) is 3.04. The zero-order valence-electron chi connectivity index (χ0n) is 11.1. The molecule has 2 saturated carbocycles. The minimum atomic E-state index is -0.749. The second-order valence-corrected chi connectivity index (χ2v) is 5.93.